The highest BCUT2D eigenvalue weighted by atomic mass is 16.1. The van der Waals surface area contributed by atoms with E-state index < -0.39 is 0 Å². The van der Waals surface area contributed by atoms with E-state index in [4.69, 9.17) is 5.26 Å². The average molecular weight is 310 g/mol. The zero-order valence-electron chi connectivity index (χ0n) is 14.4. The fraction of sp³-hybridized carbons (Fsp3) is 0.500. The summed E-state index contributed by atoms with van der Waals surface area (Å²) in [4.78, 5) is 12.8. The SMILES string of the molecule is C=C(C)[C@H]1CCC(C)(C)C[C@@H]1C(=O)Nc1ccc(CC#N)cc1. The zero-order chi connectivity index (χ0) is 17.0. The molecule has 1 saturated carbocycles. The monoisotopic (exact) mass is 310 g/mol. The van der Waals surface area contributed by atoms with Gasteiger partial charge in [-0.15, -0.1) is 0 Å². The topological polar surface area (TPSA) is 52.9 Å². The van der Waals surface area contributed by atoms with Gasteiger partial charge in [0.1, 0.15) is 0 Å². The number of hydrogen-bond donors (Lipinski definition) is 1. The number of nitrogens with one attached hydrogen (secondary N) is 1. The number of allylic oxidation sites excluding steroid dienone is 1. The molecule has 0 bridgehead atoms. The van der Waals surface area contributed by atoms with Crippen LogP contribution in [0.2, 0.25) is 0 Å². The van der Waals surface area contributed by atoms with Crippen molar-refractivity contribution < 1.29 is 4.79 Å². The molecule has 0 saturated heterocycles. The predicted octanol–water partition coefficient (Wildman–Crippen LogP) is 4.71. The van der Waals surface area contributed by atoms with E-state index in [0.29, 0.717) is 6.42 Å². The van der Waals surface area contributed by atoms with E-state index in [1.165, 1.54) is 0 Å². The van der Waals surface area contributed by atoms with Gasteiger partial charge in [-0.05, 0) is 55.2 Å². The summed E-state index contributed by atoms with van der Waals surface area (Å²) in [6.07, 6.45) is 3.45. The predicted molar refractivity (Wildman–Crippen MR) is 93.8 cm³/mol. The number of nitrogens with zero attached hydrogens (tertiary/aromatic N) is 1. The highest BCUT2D eigenvalue weighted by Crippen LogP contribution is 2.44. The van der Waals surface area contributed by atoms with Crippen LogP contribution in [-0.2, 0) is 11.2 Å². The first-order valence-corrected chi connectivity index (χ1v) is 8.24. The summed E-state index contributed by atoms with van der Waals surface area (Å²) in [7, 11) is 0. The van der Waals surface area contributed by atoms with E-state index in [9.17, 15) is 4.79 Å². The van der Waals surface area contributed by atoms with Crippen LogP contribution in [0.25, 0.3) is 0 Å². The van der Waals surface area contributed by atoms with Crippen LogP contribution < -0.4 is 5.32 Å². The Bertz CT molecular complexity index is 622. The molecule has 0 unspecified atom stereocenters. The Hall–Kier alpha value is -2.08. The number of benzene rings is 1. The maximum Gasteiger partial charge on any atom is 0.228 e. The van der Waals surface area contributed by atoms with E-state index in [0.717, 1.165) is 36.1 Å². The lowest BCUT2D eigenvalue weighted by molar-refractivity contribution is -0.123. The Morgan fingerprint density at radius 2 is 2.00 bits per heavy atom. The van der Waals surface area contributed by atoms with Gasteiger partial charge in [0.2, 0.25) is 5.91 Å². The molecule has 0 heterocycles. The average Bonchev–Trinajstić information content (AvgIpc) is 2.48. The largest absolute Gasteiger partial charge is 0.326 e. The molecule has 1 fully saturated rings. The van der Waals surface area contributed by atoms with Crippen LogP contribution in [0.4, 0.5) is 5.69 Å². The lowest BCUT2D eigenvalue weighted by Gasteiger charge is -2.40. The van der Waals surface area contributed by atoms with E-state index in [1.807, 2.05) is 31.2 Å². The van der Waals surface area contributed by atoms with Gasteiger partial charge in [-0.2, -0.15) is 5.26 Å². The normalized spacial score (nSPS) is 22.9. The van der Waals surface area contributed by atoms with Crippen molar-refractivity contribution in [3.63, 3.8) is 0 Å². The van der Waals surface area contributed by atoms with Crippen LogP contribution >= 0.6 is 0 Å². The minimum Gasteiger partial charge on any atom is -0.326 e. The molecule has 0 aromatic heterocycles. The summed E-state index contributed by atoms with van der Waals surface area (Å²) in [6.45, 7) is 10.6. The molecule has 2 rings (SSSR count). The third-order valence-corrected chi connectivity index (χ3v) is 4.86. The van der Waals surface area contributed by atoms with Crippen LogP contribution in [0.15, 0.2) is 36.4 Å². The summed E-state index contributed by atoms with van der Waals surface area (Å²) in [6, 6.07) is 9.64. The summed E-state index contributed by atoms with van der Waals surface area (Å²) in [5, 5.41) is 11.7. The van der Waals surface area contributed by atoms with E-state index in [1.54, 1.807) is 0 Å². The number of hydrogen-bond acceptors (Lipinski definition) is 2. The summed E-state index contributed by atoms with van der Waals surface area (Å²) < 4.78 is 0. The minimum absolute atomic E-state index is 0.0185. The van der Waals surface area contributed by atoms with E-state index in [-0.39, 0.29) is 23.2 Å². The van der Waals surface area contributed by atoms with Crippen molar-refractivity contribution in [2.45, 2.75) is 46.5 Å². The second-order valence-electron chi connectivity index (χ2n) is 7.49. The molecule has 1 N–H and O–H groups in total. The molecule has 122 valence electrons. The highest BCUT2D eigenvalue weighted by Gasteiger charge is 2.39. The van der Waals surface area contributed by atoms with Gasteiger partial charge in [0.25, 0.3) is 0 Å². The van der Waals surface area contributed by atoms with Gasteiger partial charge in [0.15, 0.2) is 0 Å². The Labute approximate surface area is 139 Å². The molecule has 1 amide bonds. The molecule has 0 spiro atoms. The van der Waals surface area contributed by atoms with Crippen molar-refractivity contribution in [1.82, 2.24) is 0 Å². The molecule has 1 aromatic carbocycles. The van der Waals surface area contributed by atoms with Crippen molar-refractivity contribution in [3.8, 4) is 6.07 Å². The molecule has 2 atom stereocenters. The molecule has 0 aliphatic heterocycles. The second kappa shape index (κ2) is 7.00. The van der Waals surface area contributed by atoms with Gasteiger partial charge < -0.3 is 5.32 Å². The number of rotatable bonds is 4. The van der Waals surface area contributed by atoms with Crippen LogP contribution in [0.5, 0.6) is 0 Å². The summed E-state index contributed by atoms with van der Waals surface area (Å²) >= 11 is 0. The first-order valence-electron chi connectivity index (χ1n) is 8.24. The molecule has 23 heavy (non-hydrogen) atoms. The third kappa shape index (κ3) is 4.45. The van der Waals surface area contributed by atoms with Crippen molar-refractivity contribution in [1.29, 1.82) is 5.26 Å². The third-order valence-electron chi connectivity index (χ3n) is 4.86. The van der Waals surface area contributed by atoms with Gasteiger partial charge in [0, 0.05) is 11.6 Å². The lowest BCUT2D eigenvalue weighted by atomic mass is 9.65. The Morgan fingerprint density at radius 3 is 2.57 bits per heavy atom. The second-order valence-corrected chi connectivity index (χ2v) is 7.49. The molecule has 1 aliphatic carbocycles. The molecular formula is C20H26N2O. The number of carbonyl (C=O) groups excluding carboxylic acids is 1. The number of amides is 1. The van der Waals surface area contributed by atoms with Crippen LogP contribution in [0, 0.1) is 28.6 Å². The van der Waals surface area contributed by atoms with Gasteiger partial charge in [-0.25, -0.2) is 0 Å². The molecule has 3 nitrogen and oxygen atoms in total. The summed E-state index contributed by atoms with van der Waals surface area (Å²) in [5.41, 5.74) is 3.06. The molecule has 1 aromatic rings. The van der Waals surface area contributed by atoms with Gasteiger partial charge in [0.05, 0.1) is 12.5 Å². The molecular weight excluding hydrogens is 284 g/mol. The maximum atomic E-state index is 12.8. The maximum absolute atomic E-state index is 12.8. The standard InChI is InChI=1S/C20H26N2O/c1-14(2)17-9-11-20(3,4)13-18(17)19(23)22-16-7-5-15(6-8-16)10-12-21/h5-8,17-18H,1,9-11,13H2,2-4H3,(H,22,23)/t17-,18+/m1/s1. The fourth-order valence-corrected chi connectivity index (χ4v) is 3.48. The first-order chi connectivity index (χ1) is 10.8. The van der Waals surface area contributed by atoms with Crippen molar-refractivity contribution in [2.75, 3.05) is 5.32 Å². The highest BCUT2D eigenvalue weighted by molar-refractivity contribution is 5.93. The fourth-order valence-electron chi connectivity index (χ4n) is 3.48. The number of carbonyl (C=O) groups is 1. The smallest absolute Gasteiger partial charge is 0.228 e. The van der Waals surface area contributed by atoms with Gasteiger partial charge in [-0.1, -0.05) is 38.1 Å². The number of anilines is 1. The Kier molecular flexibility index (Phi) is 5.26. The Morgan fingerprint density at radius 1 is 1.35 bits per heavy atom. The molecule has 0 radical (unpaired) electrons. The van der Waals surface area contributed by atoms with Gasteiger partial charge in [-0.3, -0.25) is 4.79 Å². The number of nitriles is 1. The van der Waals surface area contributed by atoms with E-state index >= 15 is 0 Å². The zero-order valence-corrected chi connectivity index (χ0v) is 14.4. The van der Waals surface area contributed by atoms with Crippen LogP contribution in [0.3, 0.4) is 0 Å². The first kappa shape index (κ1) is 17.3. The van der Waals surface area contributed by atoms with Gasteiger partial charge >= 0.3 is 0 Å². The van der Waals surface area contributed by atoms with Crippen LogP contribution in [0.1, 0.15) is 45.6 Å². The van der Waals surface area contributed by atoms with Crippen molar-refractivity contribution >= 4 is 11.6 Å². The quantitative estimate of drug-likeness (QED) is 0.819. The lowest BCUT2D eigenvalue weighted by Crippen LogP contribution is -2.38. The van der Waals surface area contributed by atoms with Crippen molar-refractivity contribution in [2.24, 2.45) is 17.3 Å². The van der Waals surface area contributed by atoms with Crippen LogP contribution in [-0.4, -0.2) is 5.91 Å². The Balaban J connectivity index is 2.10. The van der Waals surface area contributed by atoms with Crippen molar-refractivity contribution in [3.05, 3.63) is 42.0 Å². The van der Waals surface area contributed by atoms with E-state index in [2.05, 4.69) is 31.8 Å². The minimum atomic E-state index is -0.0185. The molecule has 3 heteroatoms. The molecule has 1 aliphatic rings. The summed E-state index contributed by atoms with van der Waals surface area (Å²) in [5.74, 6) is 0.328.